The molecule has 2 aromatic carbocycles. The highest BCUT2D eigenvalue weighted by molar-refractivity contribution is 5.96. The molecule has 94 valence electrons. The Balaban J connectivity index is 2.36. The molecule has 5 nitrogen and oxygen atoms in total. The predicted molar refractivity (Wildman–Crippen MR) is 72.4 cm³/mol. The van der Waals surface area contributed by atoms with Crippen LogP contribution in [0.25, 0.3) is 16.6 Å². The van der Waals surface area contributed by atoms with Crippen molar-refractivity contribution in [3.05, 3.63) is 54.2 Å². The molecule has 3 N–H and O–H groups in total. The molecule has 0 unspecified atom stereocenters. The first kappa shape index (κ1) is 11.3. The van der Waals surface area contributed by atoms with Crippen molar-refractivity contribution < 1.29 is 9.90 Å². The summed E-state index contributed by atoms with van der Waals surface area (Å²) in [5, 5.41) is 14.4. The van der Waals surface area contributed by atoms with E-state index in [2.05, 4.69) is 5.10 Å². The monoisotopic (exact) mass is 253 g/mol. The van der Waals surface area contributed by atoms with Crippen LogP contribution in [0.4, 0.5) is 5.69 Å². The number of carbonyl (C=O) groups is 1. The van der Waals surface area contributed by atoms with E-state index in [1.807, 2.05) is 24.3 Å². The third kappa shape index (κ3) is 1.72. The number of hydrogen-bond acceptors (Lipinski definition) is 3. The predicted octanol–water partition coefficient (Wildman–Crippen LogP) is 2.31. The molecule has 5 heteroatoms. The maximum absolute atomic E-state index is 11.3. The number of carboxylic acid groups (broad SMARTS) is 1. The van der Waals surface area contributed by atoms with Crippen molar-refractivity contribution in [1.82, 2.24) is 9.78 Å². The second-order valence-electron chi connectivity index (χ2n) is 4.16. The summed E-state index contributed by atoms with van der Waals surface area (Å²) < 4.78 is 1.56. The zero-order chi connectivity index (χ0) is 13.4. The second-order valence-corrected chi connectivity index (χ2v) is 4.16. The molecule has 19 heavy (non-hydrogen) atoms. The fourth-order valence-electron chi connectivity index (χ4n) is 2.12. The summed E-state index contributed by atoms with van der Waals surface area (Å²) in [6.07, 6.45) is 1.69. The quantitative estimate of drug-likeness (QED) is 0.687. The van der Waals surface area contributed by atoms with Gasteiger partial charge in [0.2, 0.25) is 0 Å². The van der Waals surface area contributed by atoms with E-state index in [-0.39, 0.29) is 5.56 Å². The highest BCUT2D eigenvalue weighted by Gasteiger charge is 2.16. The number of benzene rings is 2. The minimum Gasteiger partial charge on any atom is -0.478 e. The van der Waals surface area contributed by atoms with Gasteiger partial charge >= 0.3 is 5.97 Å². The van der Waals surface area contributed by atoms with Crippen molar-refractivity contribution >= 4 is 22.6 Å². The number of hydrogen-bond donors (Lipinski definition) is 2. The second kappa shape index (κ2) is 4.13. The van der Waals surface area contributed by atoms with Crippen LogP contribution in [0.5, 0.6) is 0 Å². The van der Waals surface area contributed by atoms with Crippen LogP contribution >= 0.6 is 0 Å². The lowest BCUT2D eigenvalue weighted by atomic mass is 10.1. The van der Waals surface area contributed by atoms with E-state index in [0.717, 1.165) is 10.9 Å². The van der Waals surface area contributed by atoms with Crippen molar-refractivity contribution in [2.45, 2.75) is 0 Å². The molecule has 3 rings (SSSR count). The zero-order valence-corrected chi connectivity index (χ0v) is 9.95. The van der Waals surface area contributed by atoms with Gasteiger partial charge in [-0.15, -0.1) is 0 Å². The number of anilines is 1. The third-order valence-electron chi connectivity index (χ3n) is 2.99. The van der Waals surface area contributed by atoms with Gasteiger partial charge in [0.25, 0.3) is 0 Å². The molecule has 0 radical (unpaired) electrons. The molecule has 1 aromatic heterocycles. The summed E-state index contributed by atoms with van der Waals surface area (Å²) in [4.78, 5) is 11.3. The fourth-order valence-corrected chi connectivity index (χ4v) is 2.12. The molecule has 1 heterocycles. The Bertz CT molecular complexity index is 777. The SMILES string of the molecule is Nc1cccc(C(=O)O)c1-n1ncc2ccccc21. The Morgan fingerprint density at radius 1 is 1.16 bits per heavy atom. The Morgan fingerprint density at radius 2 is 1.95 bits per heavy atom. The van der Waals surface area contributed by atoms with Crippen LogP contribution in [-0.4, -0.2) is 20.9 Å². The average Bonchev–Trinajstić information content (AvgIpc) is 2.82. The molecule has 0 aliphatic heterocycles. The van der Waals surface area contributed by atoms with E-state index in [0.29, 0.717) is 11.4 Å². The van der Waals surface area contributed by atoms with E-state index < -0.39 is 5.97 Å². The van der Waals surface area contributed by atoms with Gasteiger partial charge in [0.15, 0.2) is 0 Å². The van der Waals surface area contributed by atoms with Crippen LogP contribution in [0.15, 0.2) is 48.7 Å². The lowest BCUT2D eigenvalue weighted by Crippen LogP contribution is -2.09. The number of para-hydroxylation sites is 2. The number of rotatable bonds is 2. The topological polar surface area (TPSA) is 81.1 Å². The zero-order valence-electron chi connectivity index (χ0n) is 9.95. The number of aromatic carboxylic acids is 1. The van der Waals surface area contributed by atoms with Gasteiger partial charge in [-0.3, -0.25) is 0 Å². The van der Waals surface area contributed by atoms with Crippen molar-refractivity contribution in [3.63, 3.8) is 0 Å². The molecule has 0 saturated carbocycles. The van der Waals surface area contributed by atoms with Gasteiger partial charge in [0.05, 0.1) is 23.0 Å². The van der Waals surface area contributed by atoms with Crippen LogP contribution in [0.1, 0.15) is 10.4 Å². The molecule has 0 aliphatic carbocycles. The molecular formula is C14H11N3O2. The van der Waals surface area contributed by atoms with Crippen molar-refractivity contribution in [2.24, 2.45) is 0 Å². The first-order chi connectivity index (χ1) is 9.18. The maximum atomic E-state index is 11.3. The first-order valence-electron chi connectivity index (χ1n) is 5.73. The van der Waals surface area contributed by atoms with Crippen LogP contribution in [0.2, 0.25) is 0 Å². The van der Waals surface area contributed by atoms with Crippen molar-refractivity contribution in [3.8, 4) is 5.69 Å². The normalized spacial score (nSPS) is 10.7. The van der Waals surface area contributed by atoms with E-state index >= 15 is 0 Å². The van der Waals surface area contributed by atoms with Crippen molar-refractivity contribution in [2.75, 3.05) is 5.73 Å². The van der Waals surface area contributed by atoms with E-state index in [9.17, 15) is 9.90 Å². The minimum absolute atomic E-state index is 0.133. The van der Waals surface area contributed by atoms with Crippen LogP contribution in [0, 0.1) is 0 Å². The summed E-state index contributed by atoms with van der Waals surface area (Å²) in [6.45, 7) is 0. The molecule has 0 fully saturated rings. The van der Waals surface area contributed by atoms with Gasteiger partial charge in [-0.2, -0.15) is 5.10 Å². The number of carboxylic acids is 1. The summed E-state index contributed by atoms with van der Waals surface area (Å²) in [5.74, 6) is -1.03. The largest absolute Gasteiger partial charge is 0.478 e. The first-order valence-corrected chi connectivity index (χ1v) is 5.73. The molecule has 0 aliphatic rings. The molecular weight excluding hydrogens is 242 g/mol. The minimum atomic E-state index is -1.03. The van der Waals surface area contributed by atoms with Gasteiger partial charge < -0.3 is 10.8 Å². The van der Waals surface area contributed by atoms with E-state index in [1.54, 1.807) is 23.0 Å². The maximum Gasteiger partial charge on any atom is 0.337 e. The Hall–Kier alpha value is -2.82. The molecule has 0 atom stereocenters. The summed E-state index contributed by atoms with van der Waals surface area (Å²) in [6, 6.07) is 12.4. The van der Waals surface area contributed by atoms with E-state index in [4.69, 9.17) is 5.73 Å². The standard InChI is InChI=1S/C14H11N3O2/c15-11-6-3-5-10(14(18)19)13(11)17-12-7-2-1-4-9(12)8-16-17/h1-8H,15H2,(H,18,19). The molecule has 0 spiro atoms. The van der Waals surface area contributed by atoms with Crippen LogP contribution in [0.3, 0.4) is 0 Å². The van der Waals surface area contributed by atoms with Crippen LogP contribution < -0.4 is 5.73 Å². The highest BCUT2D eigenvalue weighted by atomic mass is 16.4. The van der Waals surface area contributed by atoms with Gasteiger partial charge in [-0.25, -0.2) is 9.48 Å². The molecule has 0 amide bonds. The molecule has 0 saturated heterocycles. The van der Waals surface area contributed by atoms with E-state index in [1.165, 1.54) is 6.07 Å². The Kier molecular flexibility index (Phi) is 2.45. The third-order valence-corrected chi connectivity index (χ3v) is 2.99. The van der Waals surface area contributed by atoms with Gasteiger partial charge in [0.1, 0.15) is 5.69 Å². The lowest BCUT2D eigenvalue weighted by molar-refractivity contribution is 0.0697. The molecule has 0 bridgehead atoms. The lowest BCUT2D eigenvalue weighted by Gasteiger charge is -2.10. The number of nitrogens with zero attached hydrogens (tertiary/aromatic N) is 2. The van der Waals surface area contributed by atoms with Gasteiger partial charge in [-0.1, -0.05) is 24.3 Å². The highest BCUT2D eigenvalue weighted by Crippen LogP contribution is 2.25. The Morgan fingerprint density at radius 3 is 2.74 bits per heavy atom. The summed E-state index contributed by atoms with van der Waals surface area (Å²) in [7, 11) is 0. The number of nitrogen functional groups attached to an aromatic ring is 1. The van der Waals surface area contributed by atoms with Gasteiger partial charge in [-0.05, 0) is 18.2 Å². The summed E-state index contributed by atoms with van der Waals surface area (Å²) >= 11 is 0. The Labute approximate surface area is 108 Å². The average molecular weight is 253 g/mol. The number of aromatic nitrogens is 2. The smallest absolute Gasteiger partial charge is 0.337 e. The fraction of sp³-hybridized carbons (Fsp3) is 0. The molecule has 3 aromatic rings. The number of fused-ring (bicyclic) bond motifs is 1. The number of nitrogens with two attached hydrogens (primary N) is 1. The summed E-state index contributed by atoms with van der Waals surface area (Å²) in [5.41, 5.74) is 7.65. The van der Waals surface area contributed by atoms with Crippen LogP contribution in [-0.2, 0) is 0 Å². The van der Waals surface area contributed by atoms with Crippen molar-refractivity contribution in [1.29, 1.82) is 0 Å². The van der Waals surface area contributed by atoms with Gasteiger partial charge in [0, 0.05) is 5.39 Å².